The molecule has 2 aromatic rings. The zero-order chi connectivity index (χ0) is 19.2. The average Bonchev–Trinajstić information content (AvgIpc) is 3.07. The quantitative estimate of drug-likeness (QED) is 0.570. The standard InChI is InChI=1S/C20H22BNO5/c1-2-6-16-17(10-9-15-13-27-21(25)19(15)16)20(24)22-11-18(23)26-12-14-7-4-3-5-8-14/h3-5,7-10,25H,2,6,11-13H2,1H3,(H,22,24). The number of ether oxygens (including phenoxy) is 1. The normalized spacial score (nSPS) is 12.6. The summed E-state index contributed by atoms with van der Waals surface area (Å²) in [5, 5.41) is 12.7. The number of fused-ring (bicyclic) bond motifs is 1. The molecule has 6 nitrogen and oxygen atoms in total. The van der Waals surface area contributed by atoms with Crippen molar-refractivity contribution in [3.63, 3.8) is 0 Å². The Bertz CT molecular complexity index is 825. The van der Waals surface area contributed by atoms with Gasteiger partial charge in [-0.25, -0.2) is 0 Å². The number of carbonyl (C=O) groups is 2. The summed E-state index contributed by atoms with van der Waals surface area (Å²) in [6.45, 7) is 2.29. The summed E-state index contributed by atoms with van der Waals surface area (Å²) in [7, 11) is -1.01. The SMILES string of the molecule is CCCc1c(C(=O)NCC(=O)OCc2ccccc2)ccc2c1B(O)OC2. The summed E-state index contributed by atoms with van der Waals surface area (Å²) in [5.74, 6) is -0.870. The fourth-order valence-corrected chi connectivity index (χ4v) is 3.17. The molecule has 0 aliphatic carbocycles. The molecule has 0 aromatic heterocycles. The topological polar surface area (TPSA) is 84.9 Å². The van der Waals surface area contributed by atoms with E-state index >= 15 is 0 Å². The van der Waals surface area contributed by atoms with Gasteiger partial charge in [0.1, 0.15) is 13.2 Å². The van der Waals surface area contributed by atoms with E-state index < -0.39 is 13.1 Å². The Hall–Kier alpha value is -2.64. The van der Waals surface area contributed by atoms with Gasteiger partial charge in [0.05, 0.1) is 6.61 Å². The maximum atomic E-state index is 12.6. The molecule has 0 spiro atoms. The minimum Gasteiger partial charge on any atom is -0.460 e. The lowest BCUT2D eigenvalue weighted by molar-refractivity contribution is -0.143. The minimum absolute atomic E-state index is 0.166. The monoisotopic (exact) mass is 367 g/mol. The first-order valence-corrected chi connectivity index (χ1v) is 9.02. The first-order chi connectivity index (χ1) is 13.1. The molecule has 1 aliphatic rings. The van der Waals surface area contributed by atoms with Crippen LogP contribution in [0.5, 0.6) is 0 Å². The molecule has 27 heavy (non-hydrogen) atoms. The van der Waals surface area contributed by atoms with E-state index in [1.54, 1.807) is 12.1 Å². The first kappa shape index (κ1) is 19.1. The number of benzene rings is 2. The molecule has 7 heteroatoms. The molecule has 140 valence electrons. The van der Waals surface area contributed by atoms with Crippen molar-refractivity contribution in [3.8, 4) is 0 Å². The molecule has 1 aliphatic heterocycles. The molecule has 2 aromatic carbocycles. The minimum atomic E-state index is -1.01. The molecular weight excluding hydrogens is 345 g/mol. The van der Waals surface area contributed by atoms with E-state index in [1.807, 2.05) is 37.3 Å². The second-order valence-corrected chi connectivity index (χ2v) is 6.41. The molecule has 1 amide bonds. The number of nitrogens with one attached hydrogen (secondary N) is 1. The number of rotatable bonds is 7. The predicted octanol–water partition coefficient (Wildman–Crippen LogP) is 1.33. The predicted molar refractivity (Wildman–Crippen MR) is 101 cm³/mol. The molecule has 2 N–H and O–H groups in total. The van der Waals surface area contributed by atoms with Gasteiger partial charge in [0.25, 0.3) is 5.91 Å². The summed E-state index contributed by atoms with van der Waals surface area (Å²) >= 11 is 0. The van der Waals surface area contributed by atoms with Crippen molar-refractivity contribution in [1.29, 1.82) is 0 Å². The summed E-state index contributed by atoms with van der Waals surface area (Å²) in [6, 6.07) is 12.8. The molecule has 0 unspecified atom stereocenters. The Kier molecular flexibility index (Phi) is 6.26. The van der Waals surface area contributed by atoms with Crippen LogP contribution in [0.2, 0.25) is 0 Å². The van der Waals surface area contributed by atoms with Gasteiger partial charge in [-0.3, -0.25) is 9.59 Å². The Labute approximate surface area is 158 Å². The van der Waals surface area contributed by atoms with Crippen LogP contribution in [0.3, 0.4) is 0 Å². The molecule has 1 heterocycles. The van der Waals surface area contributed by atoms with Crippen LogP contribution in [0.15, 0.2) is 42.5 Å². The Balaban J connectivity index is 1.62. The average molecular weight is 367 g/mol. The van der Waals surface area contributed by atoms with Crippen LogP contribution < -0.4 is 10.8 Å². The Morgan fingerprint density at radius 2 is 2.00 bits per heavy atom. The smallest absolute Gasteiger partial charge is 0.460 e. The van der Waals surface area contributed by atoms with Gasteiger partial charge in [0.2, 0.25) is 0 Å². The van der Waals surface area contributed by atoms with Crippen LogP contribution in [0.4, 0.5) is 0 Å². The summed E-state index contributed by atoms with van der Waals surface area (Å²) in [4.78, 5) is 24.5. The van der Waals surface area contributed by atoms with Crippen LogP contribution in [0.1, 0.15) is 40.4 Å². The lowest BCUT2D eigenvalue weighted by Crippen LogP contribution is -2.36. The first-order valence-electron chi connectivity index (χ1n) is 9.02. The Morgan fingerprint density at radius 3 is 2.74 bits per heavy atom. The van der Waals surface area contributed by atoms with Crippen molar-refractivity contribution in [2.45, 2.75) is 33.0 Å². The van der Waals surface area contributed by atoms with E-state index in [9.17, 15) is 14.6 Å². The summed E-state index contributed by atoms with van der Waals surface area (Å²) < 4.78 is 10.4. The van der Waals surface area contributed by atoms with Crippen molar-refractivity contribution in [2.24, 2.45) is 0 Å². The van der Waals surface area contributed by atoms with Crippen molar-refractivity contribution in [3.05, 3.63) is 64.7 Å². The zero-order valence-electron chi connectivity index (χ0n) is 15.2. The zero-order valence-corrected chi connectivity index (χ0v) is 15.2. The molecule has 0 bridgehead atoms. The van der Waals surface area contributed by atoms with Gasteiger partial charge in [-0.2, -0.15) is 0 Å². The van der Waals surface area contributed by atoms with E-state index in [1.165, 1.54) is 0 Å². The fourth-order valence-electron chi connectivity index (χ4n) is 3.17. The van der Waals surface area contributed by atoms with Gasteiger partial charge in [-0.1, -0.05) is 49.7 Å². The van der Waals surface area contributed by atoms with Crippen molar-refractivity contribution < 1.29 is 24.0 Å². The molecule has 3 rings (SSSR count). The molecule has 0 saturated carbocycles. The maximum Gasteiger partial charge on any atom is 0.492 e. The van der Waals surface area contributed by atoms with Crippen molar-refractivity contribution >= 4 is 24.5 Å². The van der Waals surface area contributed by atoms with Gasteiger partial charge in [0, 0.05) is 5.56 Å². The summed E-state index contributed by atoms with van der Waals surface area (Å²) in [5.41, 5.74) is 3.68. The van der Waals surface area contributed by atoms with Crippen molar-refractivity contribution in [2.75, 3.05) is 6.54 Å². The third kappa shape index (κ3) is 4.56. The van der Waals surface area contributed by atoms with Crippen LogP contribution in [-0.2, 0) is 33.8 Å². The number of hydrogen-bond donors (Lipinski definition) is 2. The highest BCUT2D eigenvalue weighted by molar-refractivity contribution is 6.62. The molecular formula is C20H22BNO5. The number of esters is 1. The van der Waals surface area contributed by atoms with Crippen LogP contribution in [0.25, 0.3) is 0 Å². The van der Waals surface area contributed by atoms with E-state index in [0.29, 0.717) is 24.1 Å². The second-order valence-electron chi connectivity index (χ2n) is 6.41. The molecule has 0 atom stereocenters. The Morgan fingerprint density at radius 1 is 1.22 bits per heavy atom. The maximum absolute atomic E-state index is 12.6. The molecule has 0 saturated heterocycles. The third-order valence-electron chi connectivity index (χ3n) is 4.47. The van der Waals surface area contributed by atoms with Crippen LogP contribution in [0, 0.1) is 0 Å². The fraction of sp³-hybridized carbons (Fsp3) is 0.300. The summed E-state index contributed by atoms with van der Waals surface area (Å²) in [6.07, 6.45) is 1.47. The van der Waals surface area contributed by atoms with Crippen LogP contribution in [-0.4, -0.2) is 30.6 Å². The third-order valence-corrected chi connectivity index (χ3v) is 4.47. The lowest BCUT2D eigenvalue weighted by atomic mass is 9.73. The second kappa shape index (κ2) is 8.84. The van der Waals surface area contributed by atoms with Gasteiger partial charge >= 0.3 is 13.1 Å². The lowest BCUT2D eigenvalue weighted by Gasteiger charge is -2.14. The van der Waals surface area contributed by atoms with Crippen molar-refractivity contribution in [1.82, 2.24) is 5.32 Å². The number of amides is 1. The van der Waals surface area contributed by atoms with E-state index in [4.69, 9.17) is 9.39 Å². The molecule has 0 fully saturated rings. The van der Waals surface area contributed by atoms with Gasteiger partial charge in [-0.05, 0) is 34.6 Å². The van der Waals surface area contributed by atoms with Gasteiger partial charge < -0.3 is 19.7 Å². The highest BCUT2D eigenvalue weighted by Crippen LogP contribution is 2.18. The molecule has 0 radical (unpaired) electrons. The van der Waals surface area contributed by atoms with Gasteiger partial charge in [-0.15, -0.1) is 0 Å². The highest BCUT2D eigenvalue weighted by Gasteiger charge is 2.32. The van der Waals surface area contributed by atoms with E-state index in [-0.39, 0.29) is 19.1 Å². The largest absolute Gasteiger partial charge is 0.492 e. The van der Waals surface area contributed by atoms with E-state index in [0.717, 1.165) is 23.1 Å². The number of carbonyl (C=O) groups excluding carboxylic acids is 2. The van der Waals surface area contributed by atoms with E-state index in [2.05, 4.69) is 5.32 Å². The number of hydrogen-bond acceptors (Lipinski definition) is 5. The van der Waals surface area contributed by atoms with Crippen LogP contribution >= 0.6 is 0 Å². The van der Waals surface area contributed by atoms with Gasteiger partial charge in [0.15, 0.2) is 0 Å². The highest BCUT2D eigenvalue weighted by atomic mass is 16.5.